The Kier molecular flexibility index (Phi) is 6.95. The summed E-state index contributed by atoms with van der Waals surface area (Å²) in [6.45, 7) is 5.04. The van der Waals surface area contributed by atoms with Crippen LogP contribution in [0.4, 0.5) is 17.3 Å². The third-order valence-electron chi connectivity index (χ3n) is 6.25. The highest BCUT2D eigenvalue weighted by atomic mass is 32.2. The Bertz CT molecular complexity index is 1420. The van der Waals surface area contributed by atoms with E-state index in [-0.39, 0.29) is 5.75 Å². The van der Waals surface area contributed by atoms with E-state index in [2.05, 4.69) is 49.7 Å². The molecule has 1 fully saturated rings. The first kappa shape index (κ1) is 24.3. The maximum absolute atomic E-state index is 11.3. The Balaban J connectivity index is 1.26. The molecule has 10 nitrogen and oxygen atoms in total. The van der Waals surface area contributed by atoms with Crippen molar-refractivity contribution in [1.29, 1.82) is 0 Å². The van der Waals surface area contributed by atoms with Crippen molar-refractivity contribution in [2.45, 2.75) is 6.54 Å². The van der Waals surface area contributed by atoms with E-state index in [0.29, 0.717) is 24.8 Å². The van der Waals surface area contributed by atoms with E-state index < -0.39 is 9.84 Å². The van der Waals surface area contributed by atoms with Crippen molar-refractivity contribution in [2.75, 3.05) is 62.0 Å². The van der Waals surface area contributed by atoms with E-state index in [1.54, 1.807) is 10.7 Å². The molecule has 0 bridgehead atoms. The molecular weight excluding hydrogens is 478 g/mol. The van der Waals surface area contributed by atoms with E-state index in [9.17, 15) is 8.42 Å². The molecule has 190 valence electrons. The third-order valence-corrected chi connectivity index (χ3v) is 7.20. The van der Waals surface area contributed by atoms with Crippen LogP contribution < -0.4 is 15.5 Å². The first-order chi connectivity index (χ1) is 17.3. The molecule has 4 heterocycles. The van der Waals surface area contributed by atoms with Crippen LogP contribution in [-0.4, -0.2) is 79.7 Å². The summed E-state index contributed by atoms with van der Waals surface area (Å²) in [7, 11) is -0.833. The summed E-state index contributed by atoms with van der Waals surface area (Å²) in [5, 5.41) is 11.1. The zero-order valence-corrected chi connectivity index (χ0v) is 21.3. The minimum absolute atomic E-state index is 0.0924. The summed E-state index contributed by atoms with van der Waals surface area (Å²) in [4.78, 5) is 9.20. The number of furan rings is 1. The van der Waals surface area contributed by atoms with Gasteiger partial charge < -0.3 is 24.9 Å². The maximum atomic E-state index is 11.3. The molecule has 0 aliphatic carbocycles. The van der Waals surface area contributed by atoms with Crippen LogP contribution in [0.2, 0.25) is 0 Å². The molecule has 5 rings (SSSR count). The quantitative estimate of drug-likeness (QED) is 0.329. The van der Waals surface area contributed by atoms with Gasteiger partial charge in [0.05, 0.1) is 24.0 Å². The molecule has 36 heavy (non-hydrogen) atoms. The number of anilines is 3. The fourth-order valence-corrected chi connectivity index (χ4v) is 4.69. The lowest BCUT2D eigenvalue weighted by Gasteiger charge is -2.34. The number of likely N-dealkylation sites (N-methyl/N-ethyl adjacent to an activating group) is 1. The normalized spacial score (nSPS) is 15.0. The third kappa shape index (κ3) is 5.86. The molecule has 1 aromatic carbocycles. The molecule has 3 aromatic heterocycles. The highest BCUT2D eigenvalue weighted by Crippen LogP contribution is 2.25. The minimum Gasteiger partial charge on any atom is -0.458 e. The molecule has 0 atom stereocenters. The second-order valence-electron chi connectivity index (χ2n) is 9.17. The highest BCUT2D eigenvalue weighted by molar-refractivity contribution is 7.90. The largest absolute Gasteiger partial charge is 0.458 e. The number of hydrogen-bond acceptors (Lipinski definition) is 9. The van der Waals surface area contributed by atoms with Crippen LogP contribution in [0.1, 0.15) is 5.76 Å². The smallest absolute Gasteiger partial charge is 0.245 e. The van der Waals surface area contributed by atoms with Crippen LogP contribution in [0.15, 0.2) is 59.1 Å². The number of hydrogen-bond donors (Lipinski definition) is 2. The van der Waals surface area contributed by atoms with Gasteiger partial charge >= 0.3 is 0 Å². The van der Waals surface area contributed by atoms with Gasteiger partial charge in [0.2, 0.25) is 5.95 Å². The van der Waals surface area contributed by atoms with Crippen molar-refractivity contribution >= 4 is 32.7 Å². The van der Waals surface area contributed by atoms with Gasteiger partial charge in [0.15, 0.2) is 5.76 Å². The summed E-state index contributed by atoms with van der Waals surface area (Å²) in [6, 6.07) is 16.0. The molecule has 11 heteroatoms. The van der Waals surface area contributed by atoms with E-state index >= 15 is 0 Å². The Labute approximate surface area is 210 Å². The summed E-state index contributed by atoms with van der Waals surface area (Å²) >= 11 is 0. The van der Waals surface area contributed by atoms with Gasteiger partial charge in [-0.1, -0.05) is 0 Å². The molecule has 1 aliphatic heterocycles. The van der Waals surface area contributed by atoms with Gasteiger partial charge in [-0.05, 0) is 55.6 Å². The topological polar surface area (TPSA) is 108 Å². The van der Waals surface area contributed by atoms with Crippen molar-refractivity contribution in [2.24, 2.45) is 0 Å². The zero-order valence-electron chi connectivity index (χ0n) is 20.5. The Morgan fingerprint density at radius 1 is 1.00 bits per heavy atom. The number of benzene rings is 1. The second kappa shape index (κ2) is 10.3. The molecule has 0 amide bonds. The second-order valence-corrected chi connectivity index (χ2v) is 11.4. The fourth-order valence-electron chi connectivity index (χ4n) is 4.17. The van der Waals surface area contributed by atoms with Crippen LogP contribution >= 0.6 is 0 Å². The first-order valence-electron chi connectivity index (χ1n) is 12.0. The highest BCUT2D eigenvalue weighted by Gasteiger charge is 2.15. The van der Waals surface area contributed by atoms with Crippen LogP contribution in [0.25, 0.3) is 17.0 Å². The molecule has 0 radical (unpaired) electrons. The number of fused-ring (bicyclic) bond motifs is 1. The summed E-state index contributed by atoms with van der Waals surface area (Å²) in [5.74, 6) is 1.98. The number of rotatable bonds is 9. The van der Waals surface area contributed by atoms with Crippen LogP contribution in [-0.2, 0) is 16.4 Å². The van der Waals surface area contributed by atoms with E-state index in [0.717, 1.165) is 48.8 Å². The van der Waals surface area contributed by atoms with Gasteiger partial charge in [0, 0.05) is 50.4 Å². The van der Waals surface area contributed by atoms with Crippen LogP contribution in [0.3, 0.4) is 0 Å². The average molecular weight is 510 g/mol. The van der Waals surface area contributed by atoms with Crippen molar-refractivity contribution in [3.8, 4) is 11.5 Å². The van der Waals surface area contributed by atoms with E-state index in [4.69, 9.17) is 4.42 Å². The number of sulfone groups is 1. The molecule has 2 N–H and O–H groups in total. The van der Waals surface area contributed by atoms with Crippen molar-refractivity contribution < 1.29 is 12.8 Å². The summed E-state index contributed by atoms with van der Waals surface area (Å²) in [6.07, 6.45) is 3.00. The standard InChI is InChI=1S/C25H31N7O3S/c1-30-12-14-31(15-13-30)20-5-3-19(4-6-20)28-25-27-17-21-7-9-23(32(21)29-25)24-10-8-22(35-24)18-26-11-16-36(2,33)34/h3-10,17,26H,11-16,18H2,1-2H3,(H,28,29). The first-order valence-corrected chi connectivity index (χ1v) is 14.0. The predicted molar refractivity (Wildman–Crippen MR) is 142 cm³/mol. The Morgan fingerprint density at radius 3 is 2.53 bits per heavy atom. The van der Waals surface area contributed by atoms with Gasteiger partial charge in [0.25, 0.3) is 0 Å². The number of piperazine rings is 1. The predicted octanol–water partition coefficient (Wildman–Crippen LogP) is 2.62. The molecule has 0 saturated carbocycles. The maximum Gasteiger partial charge on any atom is 0.245 e. The minimum atomic E-state index is -2.99. The summed E-state index contributed by atoms with van der Waals surface area (Å²) < 4.78 is 30.3. The Hall–Kier alpha value is -3.41. The molecule has 4 aromatic rings. The lowest BCUT2D eigenvalue weighted by molar-refractivity contribution is 0.313. The molecule has 1 saturated heterocycles. The van der Waals surface area contributed by atoms with Crippen molar-refractivity contribution in [1.82, 2.24) is 24.8 Å². The summed E-state index contributed by atoms with van der Waals surface area (Å²) in [5.41, 5.74) is 3.80. The number of aromatic nitrogens is 3. The molecular formula is C25H31N7O3S. The number of nitrogens with one attached hydrogen (secondary N) is 2. The van der Waals surface area contributed by atoms with Gasteiger partial charge in [-0.15, -0.1) is 5.10 Å². The lowest BCUT2D eigenvalue weighted by Crippen LogP contribution is -2.44. The van der Waals surface area contributed by atoms with Gasteiger partial charge in [-0.3, -0.25) is 0 Å². The molecule has 0 unspecified atom stereocenters. The molecule has 0 spiro atoms. The van der Waals surface area contributed by atoms with Gasteiger partial charge in [-0.2, -0.15) is 0 Å². The monoisotopic (exact) mass is 509 g/mol. The average Bonchev–Trinajstić information content (AvgIpc) is 3.49. The zero-order chi connectivity index (χ0) is 25.1. The van der Waals surface area contributed by atoms with Crippen molar-refractivity contribution in [3.05, 3.63) is 60.5 Å². The molecule has 1 aliphatic rings. The van der Waals surface area contributed by atoms with Crippen LogP contribution in [0.5, 0.6) is 0 Å². The Morgan fingerprint density at radius 2 is 1.78 bits per heavy atom. The lowest BCUT2D eigenvalue weighted by atomic mass is 10.2. The van der Waals surface area contributed by atoms with Gasteiger partial charge in [-0.25, -0.2) is 17.9 Å². The number of nitrogens with zero attached hydrogens (tertiary/aromatic N) is 5. The van der Waals surface area contributed by atoms with Crippen molar-refractivity contribution in [3.63, 3.8) is 0 Å². The van der Waals surface area contributed by atoms with E-state index in [1.165, 1.54) is 11.9 Å². The van der Waals surface area contributed by atoms with E-state index in [1.807, 2.05) is 36.4 Å². The SMILES string of the molecule is CN1CCN(c2ccc(Nc3ncc4ccc(-c5ccc(CNCCS(C)(=O)=O)o5)n4n3)cc2)CC1. The van der Waals surface area contributed by atoms with Crippen LogP contribution in [0, 0.1) is 0 Å². The fraction of sp³-hybridized carbons (Fsp3) is 0.360. The van der Waals surface area contributed by atoms with Gasteiger partial charge in [0.1, 0.15) is 21.3 Å².